The average Bonchev–Trinajstić information content (AvgIpc) is 2.99. The molecule has 0 aliphatic heterocycles. The maximum Gasteiger partial charge on any atom is 0.416 e. The van der Waals surface area contributed by atoms with Gasteiger partial charge in [0, 0.05) is 16.8 Å². The second-order valence-electron chi connectivity index (χ2n) is 6.37. The lowest BCUT2D eigenvalue weighted by Gasteiger charge is -2.18. The normalized spacial score (nSPS) is 12.0. The van der Waals surface area contributed by atoms with Crippen LogP contribution in [0.3, 0.4) is 0 Å². The van der Waals surface area contributed by atoms with Gasteiger partial charge in [0.25, 0.3) is 0 Å². The fourth-order valence-electron chi connectivity index (χ4n) is 2.76. The van der Waals surface area contributed by atoms with Crippen LogP contribution < -0.4 is 10.6 Å². The average molecular weight is 494 g/mol. The topological polar surface area (TPSA) is 29.0 Å². The van der Waals surface area contributed by atoms with E-state index in [1.54, 1.807) is 28.8 Å². The second kappa shape index (κ2) is 8.60. The number of aryl methyl sites for hydroxylation is 1. The summed E-state index contributed by atoms with van der Waals surface area (Å²) in [6.45, 7) is 1.85. The number of hydrogen-bond acceptors (Lipinski definition) is 3. The lowest BCUT2D eigenvalue weighted by atomic mass is 10.1. The van der Waals surface area contributed by atoms with Crippen LogP contribution in [0.15, 0.2) is 47.8 Å². The Bertz CT molecular complexity index is 1150. The number of para-hydroxylation sites is 2. The molecule has 0 aliphatic carbocycles. The van der Waals surface area contributed by atoms with Crippen molar-refractivity contribution in [3.63, 3.8) is 0 Å². The van der Waals surface area contributed by atoms with Crippen molar-refractivity contribution in [2.45, 2.75) is 19.3 Å². The molecule has 164 valence electrons. The lowest BCUT2D eigenvalue weighted by molar-refractivity contribution is -0.143. The molecule has 12 heteroatoms. The number of nitrogens with zero attached hydrogens (tertiary/aromatic N) is 1. The Labute approximate surface area is 187 Å². The van der Waals surface area contributed by atoms with Gasteiger partial charge in [-0.3, -0.25) is 4.57 Å². The van der Waals surface area contributed by atoms with Crippen molar-refractivity contribution in [1.82, 2.24) is 4.57 Å². The molecular weight excluding hydrogens is 480 g/mol. The predicted molar refractivity (Wildman–Crippen MR) is 116 cm³/mol. The van der Waals surface area contributed by atoms with Gasteiger partial charge < -0.3 is 10.6 Å². The Balaban J connectivity index is 1.91. The molecular formula is C19H13F6N3S3. The van der Waals surface area contributed by atoms with Crippen LogP contribution in [-0.2, 0) is 12.4 Å². The molecule has 0 bridgehead atoms. The predicted octanol–water partition coefficient (Wildman–Crippen LogP) is 7.42. The molecule has 3 aromatic rings. The largest absolute Gasteiger partial charge is 0.416 e. The molecule has 1 heterocycles. The fourth-order valence-corrected chi connectivity index (χ4v) is 4.10. The first-order valence-corrected chi connectivity index (χ1v) is 10.2. The van der Waals surface area contributed by atoms with Crippen molar-refractivity contribution < 1.29 is 26.3 Å². The molecule has 0 atom stereocenters. The van der Waals surface area contributed by atoms with Gasteiger partial charge in [-0.1, -0.05) is 12.1 Å². The number of thiazole rings is 1. The highest BCUT2D eigenvalue weighted by Crippen LogP contribution is 2.37. The zero-order valence-electron chi connectivity index (χ0n) is 15.6. The Morgan fingerprint density at radius 1 is 0.935 bits per heavy atom. The fraction of sp³-hybridized carbons (Fsp3) is 0.158. The van der Waals surface area contributed by atoms with Crippen LogP contribution in [0.2, 0.25) is 0 Å². The molecule has 31 heavy (non-hydrogen) atoms. The van der Waals surface area contributed by atoms with E-state index in [0.29, 0.717) is 27.5 Å². The van der Waals surface area contributed by atoms with E-state index in [2.05, 4.69) is 10.6 Å². The van der Waals surface area contributed by atoms with E-state index in [-0.39, 0.29) is 11.2 Å². The quantitative estimate of drug-likeness (QED) is 0.293. The van der Waals surface area contributed by atoms with Crippen LogP contribution in [0.1, 0.15) is 16.8 Å². The lowest BCUT2D eigenvalue weighted by Crippen LogP contribution is -2.21. The maximum absolute atomic E-state index is 13.1. The summed E-state index contributed by atoms with van der Waals surface area (Å²) in [5.41, 5.74) is -1.35. The standard InChI is InChI=1S/C19H13F6N3S3/c1-10-9-31-17(30)28(10)15-5-3-2-4-14(15)27-16(29)26-13-7-11(18(20,21)22)6-12(8-13)19(23,24)25/h2-9H,1H3,(H2,26,27,29). The van der Waals surface area contributed by atoms with E-state index in [0.717, 1.165) is 5.69 Å². The smallest absolute Gasteiger partial charge is 0.332 e. The highest BCUT2D eigenvalue weighted by atomic mass is 32.1. The van der Waals surface area contributed by atoms with Crippen molar-refractivity contribution in [3.05, 3.63) is 68.6 Å². The Hall–Kier alpha value is -2.44. The summed E-state index contributed by atoms with van der Waals surface area (Å²) in [4.78, 5) is 0. The summed E-state index contributed by atoms with van der Waals surface area (Å²) in [5.74, 6) is 0. The van der Waals surface area contributed by atoms with E-state index >= 15 is 0 Å². The van der Waals surface area contributed by atoms with E-state index in [1.165, 1.54) is 11.3 Å². The van der Waals surface area contributed by atoms with Crippen LogP contribution in [0.5, 0.6) is 0 Å². The third-order valence-electron chi connectivity index (χ3n) is 4.10. The first-order valence-electron chi connectivity index (χ1n) is 8.50. The van der Waals surface area contributed by atoms with Gasteiger partial charge in [0.1, 0.15) is 0 Å². The van der Waals surface area contributed by atoms with Crippen LogP contribution >= 0.6 is 35.8 Å². The molecule has 0 aliphatic rings. The van der Waals surface area contributed by atoms with Gasteiger partial charge in [0.2, 0.25) is 0 Å². The highest BCUT2D eigenvalue weighted by molar-refractivity contribution is 7.80. The molecule has 3 rings (SSSR count). The van der Waals surface area contributed by atoms with Gasteiger partial charge in [0.05, 0.1) is 22.5 Å². The third kappa shape index (κ3) is 5.43. The Morgan fingerprint density at radius 3 is 2.03 bits per heavy atom. The summed E-state index contributed by atoms with van der Waals surface area (Å²) < 4.78 is 80.6. The molecule has 0 amide bonds. The molecule has 0 fully saturated rings. The van der Waals surface area contributed by atoms with Gasteiger partial charge >= 0.3 is 12.4 Å². The molecule has 0 saturated heterocycles. The van der Waals surface area contributed by atoms with Gasteiger partial charge in [-0.05, 0) is 61.7 Å². The molecule has 0 radical (unpaired) electrons. The molecule has 2 N–H and O–H groups in total. The van der Waals surface area contributed by atoms with Crippen LogP contribution in [-0.4, -0.2) is 9.68 Å². The van der Waals surface area contributed by atoms with Crippen molar-refractivity contribution >= 4 is 52.3 Å². The van der Waals surface area contributed by atoms with Crippen LogP contribution in [0, 0.1) is 10.9 Å². The zero-order chi connectivity index (χ0) is 23.0. The van der Waals surface area contributed by atoms with Gasteiger partial charge in [-0.15, -0.1) is 11.3 Å². The zero-order valence-corrected chi connectivity index (χ0v) is 18.0. The molecule has 0 unspecified atom stereocenters. The van der Waals surface area contributed by atoms with E-state index in [1.807, 2.05) is 12.3 Å². The van der Waals surface area contributed by atoms with Crippen molar-refractivity contribution in [1.29, 1.82) is 0 Å². The minimum atomic E-state index is -4.95. The second-order valence-corrected chi connectivity index (χ2v) is 8.28. The first kappa shape index (κ1) is 23.2. The van der Waals surface area contributed by atoms with Gasteiger partial charge in [0.15, 0.2) is 9.07 Å². The third-order valence-corrected chi connectivity index (χ3v) is 5.62. The number of rotatable bonds is 3. The van der Waals surface area contributed by atoms with Crippen molar-refractivity contribution in [3.8, 4) is 5.69 Å². The highest BCUT2D eigenvalue weighted by Gasteiger charge is 2.37. The summed E-state index contributed by atoms with van der Waals surface area (Å²) in [7, 11) is 0. The monoisotopic (exact) mass is 493 g/mol. The van der Waals surface area contributed by atoms with Crippen LogP contribution in [0.25, 0.3) is 5.69 Å². The Kier molecular flexibility index (Phi) is 6.44. The SMILES string of the molecule is Cc1csc(=S)n1-c1ccccc1NC(=S)Nc1cc(C(F)(F)F)cc(C(F)(F)F)c1. The number of alkyl halides is 6. The van der Waals surface area contributed by atoms with Crippen LogP contribution in [0.4, 0.5) is 37.7 Å². The van der Waals surface area contributed by atoms with Crippen molar-refractivity contribution in [2.24, 2.45) is 0 Å². The number of benzene rings is 2. The maximum atomic E-state index is 13.1. The summed E-state index contributed by atoms with van der Waals surface area (Å²) >= 11 is 11.8. The van der Waals surface area contributed by atoms with E-state index < -0.39 is 29.2 Å². The molecule has 2 aromatic carbocycles. The molecule has 0 saturated carbocycles. The van der Waals surface area contributed by atoms with E-state index in [9.17, 15) is 26.3 Å². The molecule has 1 aromatic heterocycles. The number of nitrogens with one attached hydrogen (secondary N) is 2. The summed E-state index contributed by atoms with van der Waals surface area (Å²) in [6.07, 6.45) is -9.90. The molecule has 0 spiro atoms. The minimum Gasteiger partial charge on any atom is -0.332 e. The summed E-state index contributed by atoms with van der Waals surface area (Å²) in [6, 6.07) is 8.06. The number of hydrogen-bond donors (Lipinski definition) is 2. The number of thiocarbonyl (C=S) groups is 1. The summed E-state index contributed by atoms with van der Waals surface area (Å²) in [5, 5.41) is 6.90. The minimum absolute atomic E-state index is 0.0536. The van der Waals surface area contributed by atoms with E-state index in [4.69, 9.17) is 24.4 Å². The number of halogens is 6. The molecule has 3 nitrogen and oxygen atoms in total. The number of aromatic nitrogens is 1. The van der Waals surface area contributed by atoms with Crippen molar-refractivity contribution in [2.75, 3.05) is 10.6 Å². The Morgan fingerprint density at radius 2 is 1.52 bits per heavy atom. The number of anilines is 2. The van der Waals surface area contributed by atoms with Gasteiger partial charge in [-0.2, -0.15) is 26.3 Å². The first-order chi connectivity index (χ1) is 14.4. The van der Waals surface area contributed by atoms with Gasteiger partial charge in [-0.25, -0.2) is 0 Å².